The number of carbonyl (C=O) groups is 1. The van der Waals surface area contributed by atoms with E-state index in [9.17, 15) is 4.79 Å². The molecule has 2 aromatic rings. The zero-order valence-corrected chi connectivity index (χ0v) is 10.4. The van der Waals surface area contributed by atoms with Crippen molar-refractivity contribution in [1.82, 2.24) is 0 Å². The molecule has 0 aliphatic heterocycles. The van der Waals surface area contributed by atoms with Gasteiger partial charge in [-0.25, -0.2) is 0 Å². The Morgan fingerprint density at radius 3 is 2.56 bits per heavy atom. The molecular weight excluding hydrogens is 250 g/mol. The predicted octanol–water partition coefficient (Wildman–Crippen LogP) is 3.02. The maximum Gasteiger partial charge on any atom is 0.248 e. The molecule has 0 heterocycles. The van der Waals surface area contributed by atoms with Gasteiger partial charge in [0.15, 0.2) is 0 Å². The summed E-state index contributed by atoms with van der Waals surface area (Å²) in [7, 11) is 0. The van der Waals surface area contributed by atoms with E-state index in [1.807, 2.05) is 6.07 Å². The number of ether oxygens (including phenoxy) is 1. The van der Waals surface area contributed by atoms with Gasteiger partial charge >= 0.3 is 0 Å². The van der Waals surface area contributed by atoms with Crippen molar-refractivity contribution in [2.45, 2.75) is 6.61 Å². The van der Waals surface area contributed by atoms with Crippen molar-refractivity contribution >= 4 is 17.5 Å². The summed E-state index contributed by atoms with van der Waals surface area (Å²) in [5, 5.41) is 0.665. The minimum Gasteiger partial charge on any atom is -0.489 e. The molecule has 0 aliphatic rings. The number of primary amides is 1. The Morgan fingerprint density at radius 2 is 1.89 bits per heavy atom. The van der Waals surface area contributed by atoms with E-state index < -0.39 is 5.91 Å². The zero-order valence-electron chi connectivity index (χ0n) is 9.60. The minimum absolute atomic E-state index is 0.378. The average molecular weight is 262 g/mol. The monoisotopic (exact) mass is 261 g/mol. The zero-order chi connectivity index (χ0) is 13.0. The molecule has 92 valence electrons. The summed E-state index contributed by atoms with van der Waals surface area (Å²) in [5.74, 6) is 0.284. The summed E-state index contributed by atoms with van der Waals surface area (Å²) in [5.41, 5.74) is 6.58. The number of nitrogens with two attached hydrogens (primary N) is 1. The second-order valence-electron chi connectivity index (χ2n) is 3.81. The number of hydrogen-bond donors (Lipinski definition) is 1. The Kier molecular flexibility index (Phi) is 3.85. The topological polar surface area (TPSA) is 52.3 Å². The molecule has 0 spiro atoms. The van der Waals surface area contributed by atoms with Crippen LogP contribution < -0.4 is 10.5 Å². The quantitative estimate of drug-likeness (QED) is 0.920. The molecule has 0 radical (unpaired) electrons. The van der Waals surface area contributed by atoms with Gasteiger partial charge in [-0.3, -0.25) is 4.79 Å². The van der Waals surface area contributed by atoms with Crippen molar-refractivity contribution in [3.63, 3.8) is 0 Å². The van der Waals surface area contributed by atoms with Crippen LogP contribution in [0, 0.1) is 0 Å². The third-order valence-electron chi connectivity index (χ3n) is 2.43. The van der Waals surface area contributed by atoms with Crippen LogP contribution in [0.15, 0.2) is 48.5 Å². The van der Waals surface area contributed by atoms with Crippen molar-refractivity contribution in [2.75, 3.05) is 0 Å². The third kappa shape index (κ3) is 3.25. The van der Waals surface area contributed by atoms with Gasteiger partial charge in [-0.15, -0.1) is 0 Å². The first-order chi connectivity index (χ1) is 8.65. The highest BCUT2D eigenvalue weighted by Crippen LogP contribution is 2.17. The van der Waals surface area contributed by atoms with Gasteiger partial charge in [-0.2, -0.15) is 0 Å². The van der Waals surface area contributed by atoms with Crippen molar-refractivity contribution in [3.8, 4) is 5.75 Å². The normalized spacial score (nSPS) is 10.1. The van der Waals surface area contributed by atoms with Crippen molar-refractivity contribution in [3.05, 3.63) is 64.7 Å². The lowest BCUT2D eigenvalue weighted by Crippen LogP contribution is -2.11. The molecule has 0 aromatic heterocycles. The van der Waals surface area contributed by atoms with E-state index in [2.05, 4.69) is 0 Å². The number of carbonyl (C=O) groups excluding carboxylic acids is 1. The smallest absolute Gasteiger partial charge is 0.248 e. The van der Waals surface area contributed by atoms with Gasteiger partial charge in [0.1, 0.15) is 12.4 Å². The fourth-order valence-corrected chi connectivity index (χ4v) is 1.64. The molecule has 0 aliphatic carbocycles. The van der Waals surface area contributed by atoms with Crippen LogP contribution in [0.5, 0.6) is 5.75 Å². The van der Waals surface area contributed by atoms with Crippen molar-refractivity contribution in [2.24, 2.45) is 5.73 Å². The van der Waals surface area contributed by atoms with Crippen LogP contribution in [-0.2, 0) is 6.61 Å². The van der Waals surface area contributed by atoms with E-state index in [1.54, 1.807) is 42.5 Å². The number of hydrogen-bond acceptors (Lipinski definition) is 2. The summed E-state index contributed by atoms with van der Waals surface area (Å²) in [6.07, 6.45) is 0. The van der Waals surface area contributed by atoms with Gasteiger partial charge in [0.05, 0.1) is 0 Å². The largest absolute Gasteiger partial charge is 0.489 e. The number of amides is 1. The summed E-state index contributed by atoms with van der Waals surface area (Å²) in [6, 6.07) is 14.2. The Morgan fingerprint density at radius 1 is 1.17 bits per heavy atom. The molecule has 0 atom stereocenters. The number of halogens is 1. The van der Waals surface area contributed by atoms with Crippen molar-refractivity contribution in [1.29, 1.82) is 0 Å². The molecule has 3 nitrogen and oxygen atoms in total. The van der Waals surface area contributed by atoms with E-state index in [1.165, 1.54) is 0 Å². The molecule has 4 heteroatoms. The second-order valence-corrected chi connectivity index (χ2v) is 4.24. The first-order valence-electron chi connectivity index (χ1n) is 5.42. The molecule has 18 heavy (non-hydrogen) atoms. The summed E-state index contributed by atoms with van der Waals surface area (Å²) < 4.78 is 5.57. The van der Waals surface area contributed by atoms with Crippen LogP contribution in [0.2, 0.25) is 5.02 Å². The van der Waals surface area contributed by atoms with Gasteiger partial charge < -0.3 is 10.5 Å². The summed E-state index contributed by atoms with van der Waals surface area (Å²) >= 11 is 5.78. The van der Waals surface area contributed by atoms with Gasteiger partial charge in [-0.05, 0) is 42.0 Å². The van der Waals surface area contributed by atoms with E-state index in [4.69, 9.17) is 22.1 Å². The van der Waals surface area contributed by atoms with Crippen molar-refractivity contribution < 1.29 is 9.53 Å². The molecule has 0 unspecified atom stereocenters. The minimum atomic E-state index is -0.441. The molecule has 2 rings (SSSR count). The van der Waals surface area contributed by atoms with Crippen LogP contribution in [0.25, 0.3) is 0 Å². The van der Waals surface area contributed by atoms with Crippen LogP contribution in [0.1, 0.15) is 15.9 Å². The van der Waals surface area contributed by atoms with E-state index in [-0.39, 0.29) is 0 Å². The highest BCUT2D eigenvalue weighted by atomic mass is 35.5. The highest BCUT2D eigenvalue weighted by molar-refractivity contribution is 6.30. The fourth-order valence-electron chi connectivity index (χ4n) is 1.51. The van der Waals surface area contributed by atoms with Crippen LogP contribution in [-0.4, -0.2) is 5.91 Å². The highest BCUT2D eigenvalue weighted by Gasteiger charge is 2.02. The number of rotatable bonds is 4. The maximum absolute atomic E-state index is 11.0. The Bertz CT molecular complexity index is 552. The summed E-state index contributed by atoms with van der Waals surface area (Å²) in [4.78, 5) is 11.0. The first-order valence-corrected chi connectivity index (χ1v) is 5.80. The molecule has 0 fully saturated rings. The maximum atomic E-state index is 11.0. The van der Waals surface area contributed by atoms with Crippen LogP contribution in [0.4, 0.5) is 0 Å². The van der Waals surface area contributed by atoms with Crippen LogP contribution >= 0.6 is 11.6 Å². The molecule has 2 N–H and O–H groups in total. The van der Waals surface area contributed by atoms with Gasteiger partial charge in [-0.1, -0.05) is 23.7 Å². The molecule has 0 saturated heterocycles. The SMILES string of the molecule is NC(=O)c1cccc(COc2ccc(Cl)cc2)c1. The average Bonchev–Trinajstić information content (AvgIpc) is 2.38. The van der Waals surface area contributed by atoms with Crippen LogP contribution in [0.3, 0.4) is 0 Å². The Balaban J connectivity index is 2.04. The van der Waals surface area contributed by atoms with E-state index >= 15 is 0 Å². The van der Waals surface area contributed by atoms with Gasteiger partial charge in [0, 0.05) is 10.6 Å². The van der Waals surface area contributed by atoms with Gasteiger partial charge in [0.2, 0.25) is 5.91 Å². The lowest BCUT2D eigenvalue weighted by molar-refractivity contribution is 0.1000. The lowest BCUT2D eigenvalue weighted by atomic mass is 10.1. The molecule has 0 bridgehead atoms. The standard InChI is InChI=1S/C14H12ClNO2/c15-12-4-6-13(7-5-12)18-9-10-2-1-3-11(8-10)14(16)17/h1-8H,9H2,(H2,16,17). The first kappa shape index (κ1) is 12.5. The molecule has 2 aromatic carbocycles. The molecule has 0 saturated carbocycles. The predicted molar refractivity (Wildman–Crippen MR) is 70.7 cm³/mol. The van der Waals surface area contributed by atoms with Gasteiger partial charge in [0.25, 0.3) is 0 Å². The molecular formula is C14H12ClNO2. The Hall–Kier alpha value is -2.00. The third-order valence-corrected chi connectivity index (χ3v) is 2.68. The second kappa shape index (κ2) is 5.56. The summed E-state index contributed by atoms with van der Waals surface area (Å²) in [6.45, 7) is 0.378. The van der Waals surface area contributed by atoms with E-state index in [0.717, 1.165) is 11.3 Å². The number of benzene rings is 2. The van der Waals surface area contributed by atoms with E-state index in [0.29, 0.717) is 17.2 Å². The fraction of sp³-hybridized carbons (Fsp3) is 0.0714. The lowest BCUT2D eigenvalue weighted by Gasteiger charge is -2.07. The Labute approximate surface area is 110 Å². The molecule has 1 amide bonds.